The summed E-state index contributed by atoms with van der Waals surface area (Å²) in [6.07, 6.45) is 2.30. The lowest BCUT2D eigenvalue weighted by Gasteiger charge is -2.28. The maximum absolute atomic E-state index is 8.78. The summed E-state index contributed by atoms with van der Waals surface area (Å²) in [6.45, 7) is 4.47. The molecule has 0 aliphatic carbocycles. The fourth-order valence-electron chi connectivity index (χ4n) is 2.48. The number of pyridine rings is 1. The molecule has 3 N–H and O–H groups in total. The summed E-state index contributed by atoms with van der Waals surface area (Å²) < 4.78 is 5.50. The molecule has 1 fully saturated rings. The zero-order valence-electron chi connectivity index (χ0n) is 12.0. The molecule has 1 aromatic rings. The van der Waals surface area contributed by atoms with E-state index >= 15 is 0 Å². The van der Waals surface area contributed by atoms with Crippen LogP contribution in [-0.4, -0.2) is 42.8 Å². The first-order valence-electron chi connectivity index (χ1n) is 6.85. The lowest BCUT2D eigenvalue weighted by molar-refractivity contribution is 0.0576. The lowest BCUT2D eigenvalue weighted by Crippen LogP contribution is -2.31. The SMILES string of the molecule is Cc1cc(/C(N)=N/O)cc(N(C)CC2CCCOC2)n1. The van der Waals surface area contributed by atoms with Gasteiger partial charge in [0.15, 0.2) is 5.84 Å². The molecule has 1 atom stereocenters. The molecule has 0 aromatic carbocycles. The third kappa shape index (κ3) is 3.60. The molecule has 110 valence electrons. The van der Waals surface area contributed by atoms with E-state index in [0.717, 1.165) is 37.7 Å². The number of hydrogen-bond acceptors (Lipinski definition) is 5. The second kappa shape index (κ2) is 6.56. The maximum atomic E-state index is 8.78. The average Bonchev–Trinajstić information content (AvgIpc) is 2.46. The molecule has 1 aromatic heterocycles. The van der Waals surface area contributed by atoms with Gasteiger partial charge in [-0.25, -0.2) is 4.98 Å². The Balaban J connectivity index is 2.12. The highest BCUT2D eigenvalue weighted by atomic mass is 16.5. The Morgan fingerprint density at radius 2 is 2.40 bits per heavy atom. The van der Waals surface area contributed by atoms with Crippen LogP contribution in [0.4, 0.5) is 5.82 Å². The van der Waals surface area contributed by atoms with Crippen LogP contribution in [0.1, 0.15) is 24.1 Å². The number of aryl methyl sites for hydroxylation is 1. The van der Waals surface area contributed by atoms with Gasteiger partial charge in [0.25, 0.3) is 0 Å². The standard InChI is InChI=1S/C14H22N4O2/c1-10-6-12(14(15)17-19)7-13(16-10)18(2)8-11-4-3-5-20-9-11/h6-7,11,19H,3-5,8-9H2,1-2H3,(H2,15,17). The van der Waals surface area contributed by atoms with Crippen LogP contribution in [-0.2, 0) is 4.74 Å². The van der Waals surface area contributed by atoms with E-state index in [-0.39, 0.29) is 5.84 Å². The summed E-state index contributed by atoms with van der Waals surface area (Å²) >= 11 is 0. The molecule has 2 heterocycles. The molecule has 6 heteroatoms. The van der Waals surface area contributed by atoms with Crippen molar-refractivity contribution in [2.45, 2.75) is 19.8 Å². The Morgan fingerprint density at radius 1 is 1.60 bits per heavy atom. The van der Waals surface area contributed by atoms with Gasteiger partial charge in [0.1, 0.15) is 5.82 Å². The Hall–Kier alpha value is -1.82. The fraction of sp³-hybridized carbons (Fsp3) is 0.571. The van der Waals surface area contributed by atoms with Gasteiger partial charge in [-0.15, -0.1) is 0 Å². The lowest BCUT2D eigenvalue weighted by atomic mass is 10.0. The molecule has 6 nitrogen and oxygen atoms in total. The van der Waals surface area contributed by atoms with Gasteiger partial charge in [0.2, 0.25) is 0 Å². The van der Waals surface area contributed by atoms with Gasteiger partial charge >= 0.3 is 0 Å². The van der Waals surface area contributed by atoms with Crippen molar-refractivity contribution >= 4 is 11.7 Å². The predicted octanol–water partition coefficient (Wildman–Crippen LogP) is 1.35. The summed E-state index contributed by atoms with van der Waals surface area (Å²) in [5.74, 6) is 1.46. The highest BCUT2D eigenvalue weighted by molar-refractivity contribution is 5.97. The van der Waals surface area contributed by atoms with Crippen molar-refractivity contribution in [2.75, 3.05) is 31.7 Å². The van der Waals surface area contributed by atoms with Crippen molar-refractivity contribution in [3.8, 4) is 0 Å². The van der Waals surface area contributed by atoms with Gasteiger partial charge in [0.05, 0.1) is 6.61 Å². The number of hydrogen-bond donors (Lipinski definition) is 2. The van der Waals surface area contributed by atoms with E-state index in [2.05, 4.69) is 15.0 Å². The predicted molar refractivity (Wildman–Crippen MR) is 78.3 cm³/mol. The Bertz CT molecular complexity index is 484. The molecule has 1 unspecified atom stereocenters. The Labute approximate surface area is 119 Å². The van der Waals surface area contributed by atoms with Gasteiger partial charge in [-0.3, -0.25) is 0 Å². The van der Waals surface area contributed by atoms with Crippen molar-refractivity contribution in [2.24, 2.45) is 16.8 Å². The summed E-state index contributed by atoms with van der Waals surface area (Å²) in [5, 5.41) is 11.8. The number of oxime groups is 1. The number of rotatable bonds is 4. The largest absolute Gasteiger partial charge is 0.409 e. The molecular formula is C14H22N4O2. The van der Waals surface area contributed by atoms with Gasteiger partial charge in [-0.2, -0.15) is 0 Å². The van der Waals surface area contributed by atoms with E-state index < -0.39 is 0 Å². The van der Waals surface area contributed by atoms with Crippen molar-refractivity contribution in [1.29, 1.82) is 0 Å². The molecule has 0 bridgehead atoms. The summed E-state index contributed by atoms with van der Waals surface area (Å²) in [5.41, 5.74) is 7.18. The second-order valence-corrected chi connectivity index (χ2v) is 5.30. The van der Waals surface area contributed by atoms with Crippen LogP contribution in [0.5, 0.6) is 0 Å². The third-order valence-electron chi connectivity index (χ3n) is 3.52. The van der Waals surface area contributed by atoms with Crippen LogP contribution in [0.15, 0.2) is 17.3 Å². The monoisotopic (exact) mass is 278 g/mol. The molecule has 0 saturated carbocycles. The van der Waals surface area contributed by atoms with E-state index in [1.165, 1.54) is 6.42 Å². The topological polar surface area (TPSA) is 84.0 Å². The number of nitrogens with two attached hydrogens (primary N) is 1. The number of nitrogens with zero attached hydrogens (tertiary/aromatic N) is 3. The van der Waals surface area contributed by atoms with Crippen molar-refractivity contribution < 1.29 is 9.94 Å². The average molecular weight is 278 g/mol. The Morgan fingerprint density at radius 3 is 3.05 bits per heavy atom. The number of ether oxygens (including phenoxy) is 1. The van der Waals surface area contributed by atoms with Crippen LogP contribution in [0.2, 0.25) is 0 Å². The first kappa shape index (κ1) is 14.6. The molecule has 2 rings (SSSR count). The first-order chi connectivity index (χ1) is 9.60. The van der Waals surface area contributed by atoms with E-state index in [0.29, 0.717) is 11.5 Å². The zero-order valence-corrected chi connectivity index (χ0v) is 12.0. The highest BCUT2D eigenvalue weighted by Crippen LogP contribution is 2.19. The van der Waals surface area contributed by atoms with Crippen molar-refractivity contribution in [3.63, 3.8) is 0 Å². The normalized spacial score (nSPS) is 19.9. The minimum atomic E-state index is 0.103. The smallest absolute Gasteiger partial charge is 0.170 e. The minimum absolute atomic E-state index is 0.103. The Kier molecular flexibility index (Phi) is 4.79. The van der Waals surface area contributed by atoms with Gasteiger partial charge < -0.3 is 20.6 Å². The molecule has 0 spiro atoms. The van der Waals surface area contributed by atoms with Gasteiger partial charge in [-0.05, 0) is 37.8 Å². The zero-order chi connectivity index (χ0) is 14.5. The van der Waals surface area contributed by atoms with Crippen LogP contribution >= 0.6 is 0 Å². The third-order valence-corrected chi connectivity index (χ3v) is 3.52. The van der Waals surface area contributed by atoms with E-state index in [1.54, 1.807) is 6.07 Å². The number of amidine groups is 1. The van der Waals surface area contributed by atoms with E-state index in [1.807, 2.05) is 20.0 Å². The molecule has 1 saturated heterocycles. The summed E-state index contributed by atoms with van der Waals surface area (Å²) in [7, 11) is 2.01. The minimum Gasteiger partial charge on any atom is -0.409 e. The molecular weight excluding hydrogens is 256 g/mol. The molecule has 1 aliphatic heterocycles. The van der Waals surface area contributed by atoms with E-state index in [4.69, 9.17) is 15.7 Å². The van der Waals surface area contributed by atoms with Gasteiger partial charge in [-0.1, -0.05) is 5.16 Å². The van der Waals surface area contributed by atoms with E-state index in [9.17, 15) is 0 Å². The molecule has 20 heavy (non-hydrogen) atoms. The van der Waals surface area contributed by atoms with Crippen molar-refractivity contribution in [3.05, 3.63) is 23.4 Å². The fourth-order valence-corrected chi connectivity index (χ4v) is 2.48. The first-order valence-corrected chi connectivity index (χ1v) is 6.85. The van der Waals surface area contributed by atoms with Crippen LogP contribution < -0.4 is 10.6 Å². The second-order valence-electron chi connectivity index (χ2n) is 5.30. The van der Waals surface area contributed by atoms with Gasteiger partial charge in [0, 0.05) is 31.5 Å². The molecule has 0 amide bonds. The van der Waals surface area contributed by atoms with Crippen LogP contribution in [0.25, 0.3) is 0 Å². The summed E-state index contributed by atoms with van der Waals surface area (Å²) in [6, 6.07) is 3.64. The van der Waals surface area contributed by atoms with Crippen LogP contribution in [0, 0.1) is 12.8 Å². The quantitative estimate of drug-likeness (QED) is 0.376. The number of anilines is 1. The molecule has 0 radical (unpaired) electrons. The maximum Gasteiger partial charge on any atom is 0.170 e. The number of aromatic nitrogens is 1. The molecule has 1 aliphatic rings. The summed E-state index contributed by atoms with van der Waals surface area (Å²) in [4.78, 5) is 6.61. The van der Waals surface area contributed by atoms with Crippen LogP contribution in [0.3, 0.4) is 0 Å². The van der Waals surface area contributed by atoms with Crippen molar-refractivity contribution in [1.82, 2.24) is 4.98 Å². The highest BCUT2D eigenvalue weighted by Gasteiger charge is 2.17.